The van der Waals surface area contributed by atoms with Gasteiger partial charge in [0.05, 0.1) is 12.5 Å². The Labute approximate surface area is 176 Å². The van der Waals surface area contributed by atoms with Crippen molar-refractivity contribution < 1.29 is 28.3 Å². The lowest BCUT2D eigenvalue weighted by Gasteiger charge is -2.37. The number of carbonyl (C=O) groups excluding carboxylic acids is 3. The number of amides is 1. The van der Waals surface area contributed by atoms with Crippen LogP contribution < -0.4 is 0 Å². The molecular weight excluding hydrogens is 390 g/mol. The first-order valence-corrected chi connectivity index (χ1v) is 13.2. The van der Waals surface area contributed by atoms with Gasteiger partial charge in [-0.15, -0.1) is 0 Å². The molecular formula is C21H39NO6Si. The lowest BCUT2D eigenvalue weighted by atomic mass is 9.78. The van der Waals surface area contributed by atoms with Gasteiger partial charge < -0.3 is 18.8 Å². The summed E-state index contributed by atoms with van der Waals surface area (Å²) in [5.74, 6) is -0.760. The van der Waals surface area contributed by atoms with Crippen LogP contribution in [-0.4, -0.2) is 63.5 Å². The molecule has 1 amide bonds. The summed E-state index contributed by atoms with van der Waals surface area (Å²) >= 11 is 0. The minimum Gasteiger partial charge on any atom is -0.469 e. The molecule has 0 N–H and O–H groups in total. The Morgan fingerprint density at radius 2 is 1.66 bits per heavy atom. The molecule has 0 saturated carbocycles. The van der Waals surface area contributed by atoms with Crippen molar-refractivity contribution in [3.8, 4) is 0 Å². The molecule has 0 aromatic rings. The molecule has 8 heteroatoms. The van der Waals surface area contributed by atoms with Crippen LogP contribution in [0.2, 0.25) is 18.1 Å². The average Bonchev–Trinajstić information content (AvgIpc) is 2.97. The summed E-state index contributed by atoms with van der Waals surface area (Å²) in [4.78, 5) is 38.8. The van der Waals surface area contributed by atoms with Gasteiger partial charge in [-0.05, 0) is 51.7 Å². The van der Waals surface area contributed by atoms with E-state index in [1.165, 1.54) is 7.11 Å². The van der Waals surface area contributed by atoms with E-state index in [1.807, 2.05) is 20.8 Å². The van der Waals surface area contributed by atoms with Gasteiger partial charge >= 0.3 is 12.1 Å². The van der Waals surface area contributed by atoms with Crippen LogP contribution in [0.4, 0.5) is 4.79 Å². The fraction of sp³-hybridized carbons (Fsp3) is 0.857. The zero-order valence-corrected chi connectivity index (χ0v) is 20.6. The van der Waals surface area contributed by atoms with Crippen LogP contribution in [0.1, 0.15) is 60.8 Å². The van der Waals surface area contributed by atoms with Gasteiger partial charge in [-0.2, -0.15) is 0 Å². The molecule has 1 fully saturated rings. The van der Waals surface area contributed by atoms with E-state index in [0.717, 1.165) is 0 Å². The fourth-order valence-electron chi connectivity index (χ4n) is 3.03. The molecule has 0 aromatic carbocycles. The number of esters is 1. The van der Waals surface area contributed by atoms with Crippen molar-refractivity contribution in [1.29, 1.82) is 0 Å². The molecule has 1 unspecified atom stereocenters. The SMILES string of the molecule is COC(=O)CC(=O)C1(CCO[Si](C)(C)C(C)(C)C)CCN(C(=O)OC(C)(C)C)C1. The predicted molar refractivity (Wildman–Crippen MR) is 114 cm³/mol. The van der Waals surface area contributed by atoms with Crippen LogP contribution in [0.3, 0.4) is 0 Å². The number of Topliss-reactive ketones (excluding diaryl/α,β-unsaturated/α-hetero) is 1. The first kappa shape index (κ1) is 25.6. The first-order valence-electron chi connectivity index (χ1n) is 10.2. The van der Waals surface area contributed by atoms with Crippen molar-refractivity contribution in [2.75, 3.05) is 26.8 Å². The van der Waals surface area contributed by atoms with E-state index in [4.69, 9.17) is 9.16 Å². The monoisotopic (exact) mass is 429 g/mol. The first-order chi connectivity index (χ1) is 13.0. The Morgan fingerprint density at radius 3 is 2.14 bits per heavy atom. The average molecular weight is 430 g/mol. The van der Waals surface area contributed by atoms with Gasteiger partial charge in [0.1, 0.15) is 12.0 Å². The molecule has 168 valence electrons. The summed E-state index contributed by atoms with van der Waals surface area (Å²) < 4.78 is 16.4. The third-order valence-corrected chi connectivity index (χ3v) is 10.5. The molecule has 1 aliphatic heterocycles. The maximum atomic E-state index is 13.0. The van der Waals surface area contributed by atoms with Crippen molar-refractivity contribution in [3.63, 3.8) is 0 Å². The maximum Gasteiger partial charge on any atom is 0.410 e. The Hall–Kier alpha value is -1.41. The van der Waals surface area contributed by atoms with E-state index in [0.29, 0.717) is 26.0 Å². The van der Waals surface area contributed by atoms with Crippen LogP contribution in [0.25, 0.3) is 0 Å². The summed E-state index contributed by atoms with van der Waals surface area (Å²) in [7, 11) is -0.694. The number of likely N-dealkylation sites (tertiary alicyclic amines) is 1. The van der Waals surface area contributed by atoms with Crippen LogP contribution >= 0.6 is 0 Å². The number of methoxy groups -OCH3 is 1. The minimum atomic E-state index is -1.96. The zero-order valence-electron chi connectivity index (χ0n) is 19.6. The second-order valence-electron chi connectivity index (χ2n) is 10.5. The summed E-state index contributed by atoms with van der Waals surface area (Å²) in [6, 6.07) is 0. The van der Waals surface area contributed by atoms with Crippen molar-refractivity contribution in [2.45, 2.75) is 84.5 Å². The van der Waals surface area contributed by atoms with Gasteiger partial charge in [-0.3, -0.25) is 9.59 Å². The highest BCUT2D eigenvalue weighted by Crippen LogP contribution is 2.40. The fourth-order valence-corrected chi connectivity index (χ4v) is 4.08. The number of hydrogen-bond donors (Lipinski definition) is 0. The van der Waals surface area contributed by atoms with Crippen molar-refractivity contribution in [2.24, 2.45) is 5.41 Å². The second kappa shape index (κ2) is 9.16. The van der Waals surface area contributed by atoms with Gasteiger partial charge in [-0.1, -0.05) is 20.8 Å². The molecule has 1 saturated heterocycles. The lowest BCUT2D eigenvalue weighted by Crippen LogP contribution is -2.44. The summed E-state index contributed by atoms with van der Waals surface area (Å²) in [5, 5.41) is 0.0639. The number of rotatable bonds is 7. The Balaban J connectivity index is 2.94. The highest BCUT2D eigenvalue weighted by Gasteiger charge is 2.47. The molecule has 1 atom stereocenters. The van der Waals surface area contributed by atoms with E-state index < -0.39 is 31.4 Å². The third-order valence-electron chi connectivity index (χ3n) is 5.98. The number of nitrogens with zero attached hydrogens (tertiary/aromatic N) is 1. The van der Waals surface area contributed by atoms with Crippen LogP contribution in [-0.2, 0) is 23.5 Å². The predicted octanol–water partition coefficient (Wildman–Crippen LogP) is 4.16. The standard InChI is InChI=1S/C21H39NO6Si/c1-19(2,3)28-18(25)22-12-10-21(15-22,16(23)14-17(24)26-7)11-13-27-29(8,9)20(4,5)6/h10-15H2,1-9H3. The van der Waals surface area contributed by atoms with Gasteiger partial charge in [-0.25, -0.2) is 4.79 Å². The van der Waals surface area contributed by atoms with Crippen LogP contribution in [0, 0.1) is 5.41 Å². The lowest BCUT2D eigenvalue weighted by molar-refractivity contribution is -0.146. The zero-order chi connectivity index (χ0) is 22.7. The van der Waals surface area contributed by atoms with Crippen molar-refractivity contribution in [1.82, 2.24) is 4.90 Å². The van der Waals surface area contributed by atoms with E-state index in [9.17, 15) is 14.4 Å². The molecule has 7 nitrogen and oxygen atoms in total. The Morgan fingerprint density at radius 1 is 1.07 bits per heavy atom. The molecule has 1 rings (SSSR count). The van der Waals surface area contributed by atoms with E-state index in [-0.39, 0.29) is 23.8 Å². The van der Waals surface area contributed by atoms with Gasteiger partial charge in [0.2, 0.25) is 0 Å². The Bertz CT molecular complexity index is 620. The van der Waals surface area contributed by atoms with Crippen molar-refractivity contribution >= 4 is 26.2 Å². The normalized spacial score (nSPS) is 20.5. The van der Waals surface area contributed by atoms with E-state index in [1.54, 1.807) is 4.90 Å². The Kier molecular flexibility index (Phi) is 8.10. The number of carbonyl (C=O) groups is 3. The van der Waals surface area contributed by atoms with Gasteiger partial charge in [0, 0.05) is 19.7 Å². The molecule has 0 radical (unpaired) electrons. The summed E-state index contributed by atoms with van der Waals surface area (Å²) in [6.45, 7) is 17.3. The van der Waals surface area contributed by atoms with Crippen molar-refractivity contribution in [3.05, 3.63) is 0 Å². The smallest absolute Gasteiger partial charge is 0.410 e. The largest absolute Gasteiger partial charge is 0.469 e. The molecule has 0 spiro atoms. The van der Waals surface area contributed by atoms with Gasteiger partial charge in [0.25, 0.3) is 0 Å². The molecule has 0 aliphatic carbocycles. The maximum absolute atomic E-state index is 13.0. The quantitative estimate of drug-likeness (QED) is 0.343. The second-order valence-corrected chi connectivity index (χ2v) is 15.3. The number of ketones is 1. The van der Waals surface area contributed by atoms with Crippen LogP contribution in [0.5, 0.6) is 0 Å². The molecule has 1 heterocycles. The van der Waals surface area contributed by atoms with Gasteiger partial charge in [0.15, 0.2) is 14.1 Å². The number of ether oxygens (including phenoxy) is 2. The number of hydrogen-bond acceptors (Lipinski definition) is 6. The summed E-state index contributed by atoms with van der Waals surface area (Å²) in [5.41, 5.74) is -1.42. The van der Waals surface area contributed by atoms with Crippen LogP contribution in [0.15, 0.2) is 0 Å². The van der Waals surface area contributed by atoms with E-state index >= 15 is 0 Å². The van der Waals surface area contributed by atoms with E-state index in [2.05, 4.69) is 38.6 Å². The highest BCUT2D eigenvalue weighted by atomic mass is 28.4. The molecule has 29 heavy (non-hydrogen) atoms. The highest BCUT2D eigenvalue weighted by molar-refractivity contribution is 6.74. The summed E-state index contributed by atoms with van der Waals surface area (Å²) in [6.07, 6.45) is 0.228. The topological polar surface area (TPSA) is 82.1 Å². The minimum absolute atomic E-state index is 0.0639. The molecule has 0 bridgehead atoms. The molecule has 0 aromatic heterocycles. The third kappa shape index (κ3) is 7.10. The molecule has 1 aliphatic rings.